The Bertz CT molecular complexity index is 159. The number of alkyl halides is 1. The largest absolute Gasteiger partial charge is 0.298 e. The molecule has 0 unspecified atom stereocenters. The number of ketones is 1. The van der Waals surface area contributed by atoms with Crippen LogP contribution < -0.4 is 0 Å². The van der Waals surface area contributed by atoms with E-state index in [2.05, 4.69) is 6.58 Å². The van der Waals surface area contributed by atoms with Crippen molar-refractivity contribution in [3.8, 4) is 0 Å². The minimum absolute atomic E-state index is 0.189. The van der Waals surface area contributed by atoms with Crippen LogP contribution in [0.5, 0.6) is 0 Å². The summed E-state index contributed by atoms with van der Waals surface area (Å²) >= 11 is 5.85. The van der Waals surface area contributed by atoms with E-state index in [1.807, 2.05) is 0 Å². The zero-order valence-electron chi connectivity index (χ0n) is 5.90. The van der Waals surface area contributed by atoms with Crippen LogP contribution in [0, 0.1) is 0 Å². The lowest BCUT2D eigenvalue weighted by Gasteiger charge is -2.01. The lowest BCUT2D eigenvalue weighted by Crippen LogP contribution is -2.14. The van der Waals surface area contributed by atoms with E-state index in [0.29, 0.717) is 6.42 Å². The molecular formula is C8H11ClO. The molecule has 0 bridgehead atoms. The van der Waals surface area contributed by atoms with Gasteiger partial charge in [0.05, 0.1) is 0 Å². The molecule has 10 heavy (non-hydrogen) atoms. The highest BCUT2D eigenvalue weighted by atomic mass is 35.5. The quantitative estimate of drug-likeness (QED) is 0.453. The number of hydrogen-bond acceptors (Lipinski definition) is 1. The van der Waals surface area contributed by atoms with Crippen molar-refractivity contribution in [1.82, 2.24) is 0 Å². The van der Waals surface area contributed by atoms with Gasteiger partial charge in [-0.1, -0.05) is 6.08 Å². The Balaban J connectivity index is 2.28. The normalized spacial score (nSPS) is 20.1. The SMILES string of the molecule is C=CCCC(=O)C1(Cl)CC1. The number of carbonyl (C=O) groups excluding carboxylic acids is 1. The van der Waals surface area contributed by atoms with Gasteiger partial charge in [-0.25, -0.2) is 0 Å². The number of allylic oxidation sites excluding steroid dienone is 1. The van der Waals surface area contributed by atoms with Gasteiger partial charge in [0.25, 0.3) is 0 Å². The number of carbonyl (C=O) groups is 1. The molecule has 1 aliphatic rings. The van der Waals surface area contributed by atoms with Crippen LogP contribution in [0.15, 0.2) is 12.7 Å². The third kappa shape index (κ3) is 1.60. The van der Waals surface area contributed by atoms with E-state index >= 15 is 0 Å². The fourth-order valence-electron chi connectivity index (χ4n) is 0.846. The van der Waals surface area contributed by atoms with Crippen molar-refractivity contribution in [2.45, 2.75) is 30.6 Å². The highest BCUT2D eigenvalue weighted by Crippen LogP contribution is 2.44. The lowest BCUT2D eigenvalue weighted by molar-refractivity contribution is -0.119. The zero-order valence-corrected chi connectivity index (χ0v) is 6.66. The Morgan fingerprint density at radius 3 is 2.70 bits per heavy atom. The Morgan fingerprint density at radius 2 is 2.30 bits per heavy atom. The first-order valence-electron chi connectivity index (χ1n) is 3.52. The van der Waals surface area contributed by atoms with Crippen molar-refractivity contribution in [3.63, 3.8) is 0 Å². The van der Waals surface area contributed by atoms with Crippen LogP contribution >= 0.6 is 11.6 Å². The summed E-state index contributed by atoms with van der Waals surface area (Å²) in [4.78, 5) is 10.7. The Morgan fingerprint density at radius 1 is 1.70 bits per heavy atom. The van der Waals surface area contributed by atoms with Gasteiger partial charge in [-0.2, -0.15) is 0 Å². The Kier molecular flexibility index (Phi) is 2.14. The average Bonchev–Trinajstić information content (AvgIpc) is 2.64. The molecule has 0 amide bonds. The molecule has 0 atom stereocenters. The molecule has 1 rings (SSSR count). The summed E-state index contributed by atoms with van der Waals surface area (Å²) in [6, 6.07) is 0. The second-order valence-electron chi connectivity index (χ2n) is 2.72. The van der Waals surface area contributed by atoms with Gasteiger partial charge < -0.3 is 0 Å². The summed E-state index contributed by atoms with van der Waals surface area (Å²) in [5.74, 6) is 0.189. The first-order valence-corrected chi connectivity index (χ1v) is 3.90. The van der Waals surface area contributed by atoms with Crippen LogP contribution in [0.25, 0.3) is 0 Å². The van der Waals surface area contributed by atoms with Crippen LogP contribution in [0.1, 0.15) is 25.7 Å². The average molecular weight is 159 g/mol. The first kappa shape index (κ1) is 7.80. The first-order chi connectivity index (χ1) is 4.69. The van der Waals surface area contributed by atoms with Gasteiger partial charge in [0.15, 0.2) is 5.78 Å². The molecule has 0 radical (unpaired) electrons. The number of halogens is 1. The van der Waals surface area contributed by atoms with E-state index in [0.717, 1.165) is 19.3 Å². The highest BCUT2D eigenvalue weighted by molar-refractivity contribution is 6.37. The van der Waals surface area contributed by atoms with Crippen molar-refractivity contribution >= 4 is 17.4 Å². The molecule has 0 spiro atoms. The monoisotopic (exact) mass is 158 g/mol. The van der Waals surface area contributed by atoms with Crippen molar-refractivity contribution < 1.29 is 4.79 Å². The van der Waals surface area contributed by atoms with E-state index in [-0.39, 0.29) is 5.78 Å². The summed E-state index contributed by atoms with van der Waals surface area (Å²) in [7, 11) is 0. The van der Waals surface area contributed by atoms with Crippen molar-refractivity contribution in [1.29, 1.82) is 0 Å². The maximum absolute atomic E-state index is 11.1. The van der Waals surface area contributed by atoms with Gasteiger partial charge in [-0.3, -0.25) is 4.79 Å². The van der Waals surface area contributed by atoms with Gasteiger partial charge in [-0.05, 0) is 19.3 Å². The van der Waals surface area contributed by atoms with Gasteiger partial charge in [0.2, 0.25) is 0 Å². The summed E-state index contributed by atoms with van der Waals surface area (Å²) in [5, 5.41) is 0. The lowest BCUT2D eigenvalue weighted by atomic mass is 10.1. The molecule has 0 aromatic heterocycles. The molecule has 0 aromatic carbocycles. The molecule has 0 aliphatic heterocycles. The van der Waals surface area contributed by atoms with Crippen LogP contribution in [-0.2, 0) is 4.79 Å². The topological polar surface area (TPSA) is 17.1 Å². The van der Waals surface area contributed by atoms with Gasteiger partial charge in [0.1, 0.15) is 4.87 Å². The summed E-state index contributed by atoms with van der Waals surface area (Å²) in [6.07, 6.45) is 4.80. The van der Waals surface area contributed by atoms with Gasteiger partial charge in [-0.15, -0.1) is 18.2 Å². The van der Waals surface area contributed by atoms with E-state index < -0.39 is 4.87 Å². The fraction of sp³-hybridized carbons (Fsp3) is 0.625. The molecule has 0 heterocycles. The second kappa shape index (κ2) is 2.75. The number of hydrogen-bond donors (Lipinski definition) is 0. The van der Waals surface area contributed by atoms with E-state index in [1.165, 1.54) is 0 Å². The minimum atomic E-state index is -0.455. The zero-order chi connectivity index (χ0) is 7.61. The third-order valence-electron chi connectivity index (χ3n) is 1.76. The molecule has 1 fully saturated rings. The van der Waals surface area contributed by atoms with Gasteiger partial charge >= 0.3 is 0 Å². The molecule has 2 heteroatoms. The molecule has 0 N–H and O–H groups in total. The summed E-state index contributed by atoms with van der Waals surface area (Å²) < 4.78 is 0. The molecule has 0 saturated heterocycles. The molecule has 56 valence electrons. The predicted molar refractivity (Wildman–Crippen MR) is 42.3 cm³/mol. The van der Waals surface area contributed by atoms with Crippen LogP contribution in [0.4, 0.5) is 0 Å². The predicted octanol–water partition coefficient (Wildman–Crippen LogP) is 2.29. The molecule has 1 aliphatic carbocycles. The fourth-order valence-corrected chi connectivity index (χ4v) is 1.03. The van der Waals surface area contributed by atoms with Gasteiger partial charge in [0, 0.05) is 6.42 Å². The van der Waals surface area contributed by atoms with Crippen molar-refractivity contribution in [2.24, 2.45) is 0 Å². The summed E-state index contributed by atoms with van der Waals surface area (Å²) in [6.45, 7) is 3.54. The number of Topliss-reactive ketones (excluding diaryl/α,β-unsaturated/α-hetero) is 1. The summed E-state index contributed by atoms with van der Waals surface area (Å²) in [5.41, 5.74) is 0. The molecular weight excluding hydrogens is 148 g/mol. The maximum Gasteiger partial charge on any atom is 0.154 e. The van der Waals surface area contributed by atoms with E-state index in [1.54, 1.807) is 6.08 Å². The van der Waals surface area contributed by atoms with E-state index in [9.17, 15) is 4.79 Å². The second-order valence-corrected chi connectivity index (χ2v) is 3.44. The molecule has 0 aromatic rings. The number of rotatable bonds is 4. The van der Waals surface area contributed by atoms with Crippen LogP contribution in [0.2, 0.25) is 0 Å². The standard InChI is InChI=1S/C8H11ClO/c1-2-3-4-7(10)8(9)5-6-8/h2H,1,3-6H2. The minimum Gasteiger partial charge on any atom is -0.298 e. The van der Waals surface area contributed by atoms with Crippen molar-refractivity contribution in [2.75, 3.05) is 0 Å². The Hall–Kier alpha value is -0.300. The third-order valence-corrected chi connectivity index (χ3v) is 2.35. The smallest absolute Gasteiger partial charge is 0.154 e. The Labute approximate surface area is 66.1 Å². The van der Waals surface area contributed by atoms with Crippen LogP contribution in [-0.4, -0.2) is 10.7 Å². The van der Waals surface area contributed by atoms with Crippen molar-refractivity contribution in [3.05, 3.63) is 12.7 Å². The molecule has 1 saturated carbocycles. The molecule has 1 nitrogen and oxygen atoms in total. The maximum atomic E-state index is 11.1. The van der Waals surface area contributed by atoms with E-state index in [4.69, 9.17) is 11.6 Å². The highest BCUT2D eigenvalue weighted by Gasteiger charge is 2.46. The van der Waals surface area contributed by atoms with Crippen LogP contribution in [0.3, 0.4) is 0 Å².